The molecule has 0 aromatic carbocycles. The van der Waals surface area contributed by atoms with Crippen molar-refractivity contribution in [2.75, 3.05) is 33.8 Å². The van der Waals surface area contributed by atoms with E-state index in [1.54, 1.807) is 0 Å². The van der Waals surface area contributed by atoms with E-state index in [2.05, 4.69) is 15.4 Å². The van der Waals surface area contributed by atoms with Crippen LogP contribution >= 0.6 is 0 Å². The van der Waals surface area contributed by atoms with Crippen LogP contribution in [-0.4, -0.2) is 56.6 Å². The van der Waals surface area contributed by atoms with Gasteiger partial charge in [-0.2, -0.15) is 0 Å². The van der Waals surface area contributed by atoms with E-state index in [0.717, 1.165) is 11.3 Å². The molecule has 3 amide bonds. The van der Waals surface area contributed by atoms with Crippen LogP contribution in [0.3, 0.4) is 0 Å². The number of hydrogen-bond acceptors (Lipinski definition) is 4. The third-order valence-corrected chi connectivity index (χ3v) is 1.89. The lowest BCUT2D eigenvalue weighted by Crippen LogP contribution is -2.42. The van der Waals surface area contributed by atoms with Crippen molar-refractivity contribution < 1.29 is 19.1 Å². The lowest BCUT2D eigenvalue weighted by Gasteiger charge is -2.14. The molecule has 17 heavy (non-hydrogen) atoms. The summed E-state index contributed by atoms with van der Waals surface area (Å²) in [5, 5.41) is 5.02. The molecule has 7 nitrogen and oxygen atoms in total. The van der Waals surface area contributed by atoms with Crippen LogP contribution in [0.2, 0.25) is 0 Å². The number of carbonyl (C=O) groups excluding carboxylic acids is 3. The number of nitrogens with zero attached hydrogens (tertiary/aromatic N) is 1. The molecule has 0 rings (SSSR count). The lowest BCUT2D eigenvalue weighted by molar-refractivity contribution is -0.126. The van der Waals surface area contributed by atoms with Gasteiger partial charge in [0.25, 0.3) is 0 Å². The Kier molecular flexibility index (Phi) is 7.49. The molecule has 0 aromatic rings. The van der Waals surface area contributed by atoms with Crippen LogP contribution in [0.15, 0.2) is 0 Å². The molecule has 0 aliphatic heterocycles. The van der Waals surface area contributed by atoms with Gasteiger partial charge in [0.05, 0.1) is 13.7 Å². The molecule has 2 N–H and O–H groups in total. The fourth-order valence-corrected chi connectivity index (χ4v) is 0.997. The summed E-state index contributed by atoms with van der Waals surface area (Å²) in [7, 11) is 2.66. The van der Waals surface area contributed by atoms with Gasteiger partial charge in [-0.05, 0) is 6.42 Å². The SMILES string of the molecule is CCCNC(=O)CNC(=O)CN(C)C(=O)OC. The van der Waals surface area contributed by atoms with Gasteiger partial charge in [-0.25, -0.2) is 4.79 Å². The fraction of sp³-hybridized carbons (Fsp3) is 0.700. The third-order valence-electron chi connectivity index (χ3n) is 1.89. The van der Waals surface area contributed by atoms with Crippen molar-refractivity contribution in [2.45, 2.75) is 13.3 Å². The summed E-state index contributed by atoms with van der Waals surface area (Å²) in [6.07, 6.45) is 0.237. The summed E-state index contributed by atoms with van der Waals surface area (Å²) in [6, 6.07) is 0. The van der Waals surface area contributed by atoms with Gasteiger partial charge in [-0.3, -0.25) is 9.59 Å². The second kappa shape index (κ2) is 8.37. The second-order valence-electron chi connectivity index (χ2n) is 3.45. The topological polar surface area (TPSA) is 87.7 Å². The molecule has 0 fully saturated rings. The number of ether oxygens (including phenoxy) is 1. The minimum atomic E-state index is -0.601. The molecule has 98 valence electrons. The summed E-state index contributed by atoms with van der Waals surface area (Å²) in [5.41, 5.74) is 0. The van der Waals surface area contributed by atoms with E-state index >= 15 is 0 Å². The molecular formula is C10H19N3O4. The summed E-state index contributed by atoms with van der Waals surface area (Å²) < 4.78 is 4.42. The quantitative estimate of drug-likeness (QED) is 0.649. The zero-order valence-electron chi connectivity index (χ0n) is 10.4. The highest BCUT2D eigenvalue weighted by atomic mass is 16.5. The molecule has 0 aliphatic rings. The first-order valence-electron chi connectivity index (χ1n) is 5.33. The van der Waals surface area contributed by atoms with Crippen LogP contribution in [0.1, 0.15) is 13.3 Å². The average molecular weight is 245 g/mol. The fourth-order valence-electron chi connectivity index (χ4n) is 0.997. The van der Waals surface area contributed by atoms with Gasteiger partial charge in [0.15, 0.2) is 0 Å². The summed E-state index contributed by atoms with van der Waals surface area (Å²) >= 11 is 0. The van der Waals surface area contributed by atoms with E-state index < -0.39 is 12.0 Å². The molecule has 0 saturated carbocycles. The van der Waals surface area contributed by atoms with Gasteiger partial charge in [0.2, 0.25) is 11.8 Å². The summed E-state index contributed by atoms with van der Waals surface area (Å²) in [5.74, 6) is -0.662. The first kappa shape index (κ1) is 15.2. The highest BCUT2D eigenvalue weighted by molar-refractivity contribution is 5.87. The summed E-state index contributed by atoms with van der Waals surface area (Å²) in [4.78, 5) is 34.5. The maximum Gasteiger partial charge on any atom is 0.409 e. The molecule has 7 heteroatoms. The van der Waals surface area contributed by atoms with Crippen molar-refractivity contribution in [1.29, 1.82) is 0 Å². The van der Waals surface area contributed by atoms with Gasteiger partial charge >= 0.3 is 6.09 Å². The minimum absolute atomic E-state index is 0.0894. The number of likely N-dealkylation sites (N-methyl/N-ethyl adjacent to an activating group) is 1. The first-order chi connectivity index (χ1) is 8.01. The van der Waals surface area contributed by atoms with Gasteiger partial charge in [0.1, 0.15) is 6.54 Å². The van der Waals surface area contributed by atoms with E-state index in [-0.39, 0.29) is 19.0 Å². The van der Waals surface area contributed by atoms with Crippen molar-refractivity contribution in [1.82, 2.24) is 15.5 Å². The minimum Gasteiger partial charge on any atom is -0.453 e. The monoisotopic (exact) mass is 245 g/mol. The Labute approximate surface area is 100 Å². The van der Waals surface area contributed by atoms with E-state index in [9.17, 15) is 14.4 Å². The molecular weight excluding hydrogens is 226 g/mol. The number of carbonyl (C=O) groups is 3. The predicted molar refractivity (Wildman–Crippen MR) is 61.3 cm³/mol. The Morgan fingerprint density at radius 3 is 2.35 bits per heavy atom. The van der Waals surface area contributed by atoms with Crippen molar-refractivity contribution in [2.24, 2.45) is 0 Å². The van der Waals surface area contributed by atoms with E-state index in [1.807, 2.05) is 6.92 Å². The molecule has 0 aromatic heterocycles. The van der Waals surface area contributed by atoms with E-state index in [0.29, 0.717) is 6.54 Å². The van der Waals surface area contributed by atoms with Crippen molar-refractivity contribution in [3.8, 4) is 0 Å². The zero-order chi connectivity index (χ0) is 13.3. The Morgan fingerprint density at radius 1 is 1.18 bits per heavy atom. The Hall–Kier alpha value is -1.79. The Morgan fingerprint density at radius 2 is 1.82 bits per heavy atom. The van der Waals surface area contributed by atoms with Crippen molar-refractivity contribution in [3.63, 3.8) is 0 Å². The molecule has 0 atom stereocenters. The normalized spacial score (nSPS) is 9.35. The molecule has 0 unspecified atom stereocenters. The zero-order valence-corrected chi connectivity index (χ0v) is 10.4. The van der Waals surface area contributed by atoms with Crippen LogP contribution in [0.4, 0.5) is 4.79 Å². The highest BCUT2D eigenvalue weighted by Gasteiger charge is 2.13. The van der Waals surface area contributed by atoms with Gasteiger partial charge in [-0.15, -0.1) is 0 Å². The van der Waals surface area contributed by atoms with E-state index in [4.69, 9.17) is 0 Å². The second-order valence-corrected chi connectivity index (χ2v) is 3.45. The van der Waals surface area contributed by atoms with Gasteiger partial charge in [0, 0.05) is 13.6 Å². The maximum absolute atomic E-state index is 11.3. The molecule has 0 radical (unpaired) electrons. The van der Waals surface area contributed by atoms with Crippen LogP contribution in [0.25, 0.3) is 0 Å². The highest BCUT2D eigenvalue weighted by Crippen LogP contribution is 1.87. The molecule has 0 aliphatic carbocycles. The molecule has 0 spiro atoms. The Balaban J connectivity index is 3.79. The van der Waals surface area contributed by atoms with Crippen molar-refractivity contribution >= 4 is 17.9 Å². The first-order valence-corrected chi connectivity index (χ1v) is 5.33. The third kappa shape index (κ3) is 7.15. The maximum atomic E-state index is 11.3. The number of rotatable bonds is 6. The lowest BCUT2D eigenvalue weighted by atomic mass is 10.4. The number of hydrogen-bond donors (Lipinski definition) is 2. The standard InChI is InChI=1S/C10H19N3O4/c1-4-5-11-8(14)6-12-9(15)7-13(2)10(16)17-3/h4-7H2,1-3H3,(H,11,14)(H,12,15). The Bertz CT molecular complexity index is 281. The van der Waals surface area contributed by atoms with Crippen LogP contribution in [0.5, 0.6) is 0 Å². The molecule has 0 heterocycles. The summed E-state index contributed by atoms with van der Waals surface area (Å²) in [6.45, 7) is 2.28. The number of methoxy groups -OCH3 is 1. The van der Waals surface area contributed by atoms with Crippen LogP contribution in [0, 0.1) is 0 Å². The molecule has 0 saturated heterocycles. The van der Waals surface area contributed by atoms with Gasteiger partial charge < -0.3 is 20.3 Å². The number of amides is 3. The van der Waals surface area contributed by atoms with Gasteiger partial charge in [-0.1, -0.05) is 6.92 Å². The predicted octanol–water partition coefficient (Wildman–Crippen LogP) is -0.673. The van der Waals surface area contributed by atoms with E-state index in [1.165, 1.54) is 14.2 Å². The van der Waals surface area contributed by atoms with Crippen LogP contribution < -0.4 is 10.6 Å². The van der Waals surface area contributed by atoms with Crippen LogP contribution in [-0.2, 0) is 14.3 Å². The largest absolute Gasteiger partial charge is 0.453 e. The molecule has 0 bridgehead atoms. The average Bonchev–Trinajstić information content (AvgIpc) is 2.32. The number of nitrogens with one attached hydrogen (secondary N) is 2. The van der Waals surface area contributed by atoms with Crippen molar-refractivity contribution in [3.05, 3.63) is 0 Å². The smallest absolute Gasteiger partial charge is 0.409 e.